The minimum atomic E-state index is -0.370. The molecule has 1 amide bonds. The van der Waals surface area contributed by atoms with Gasteiger partial charge in [-0.1, -0.05) is 23.7 Å². The number of carbonyl (C=O) groups is 1. The van der Waals surface area contributed by atoms with E-state index in [1.807, 2.05) is 0 Å². The van der Waals surface area contributed by atoms with Crippen molar-refractivity contribution in [1.29, 1.82) is 0 Å². The summed E-state index contributed by atoms with van der Waals surface area (Å²) in [5, 5.41) is 2.89. The second-order valence-electron chi connectivity index (χ2n) is 3.78. The number of carbonyl (C=O) groups excluding carboxylic acids is 1. The van der Waals surface area contributed by atoms with Crippen LogP contribution in [0.15, 0.2) is 42.5 Å². The zero-order valence-electron chi connectivity index (χ0n) is 9.71. The molecule has 0 atom stereocenters. The first-order valence-electron chi connectivity index (χ1n) is 5.39. The maximum Gasteiger partial charge on any atom is 0.251 e. The highest BCUT2D eigenvalue weighted by Crippen LogP contribution is 2.28. The van der Waals surface area contributed by atoms with Gasteiger partial charge in [-0.25, -0.2) is 4.39 Å². The van der Waals surface area contributed by atoms with Crippen LogP contribution >= 0.6 is 11.6 Å². The molecule has 2 rings (SSSR count). The molecule has 0 aliphatic rings. The third-order valence-electron chi connectivity index (χ3n) is 2.62. The lowest BCUT2D eigenvalue weighted by atomic mass is 10.0. The van der Waals surface area contributed by atoms with Gasteiger partial charge in [0.15, 0.2) is 0 Å². The van der Waals surface area contributed by atoms with Crippen LogP contribution in [0.5, 0.6) is 0 Å². The summed E-state index contributed by atoms with van der Waals surface area (Å²) in [5.41, 5.74) is 2.15. The summed E-state index contributed by atoms with van der Waals surface area (Å²) in [6, 6.07) is 11.2. The fourth-order valence-electron chi connectivity index (χ4n) is 1.67. The third kappa shape index (κ3) is 2.51. The van der Waals surface area contributed by atoms with Crippen molar-refractivity contribution in [2.24, 2.45) is 0 Å². The van der Waals surface area contributed by atoms with E-state index in [2.05, 4.69) is 5.32 Å². The van der Waals surface area contributed by atoms with Crippen molar-refractivity contribution in [3.8, 4) is 11.1 Å². The lowest BCUT2D eigenvalue weighted by molar-refractivity contribution is 0.0963. The Bertz CT molecular complexity index is 581. The van der Waals surface area contributed by atoms with E-state index in [-0.39, 0.29) is 11.7 Å². The quantitative estimate of drug-likeness (QED) is 0.883. The highest BCUT2D eigenvalue weighted by molar-refractivity contribution is 6.33. The maximum absolute atomic E-state index is 12.9. The van der Waals surface area contributed by atoms with Crippen LogP contribution in [0.3, 0.4) is 0 Å². The monoisotopic (exact) mass is 263 g/mol. The number of hydrogen-bond donors (Lipinski definition) is 1. The largest absolute Gasteiger partial charge is 0.355 e. The lowest BCUT2D eigenvalue weighted by Gasteiger charge is -2.06. The Morgan fingerprint density at radius 3 is 2.39 bits per heavy atom. The van der Waals surface area contributed by atoms with Crippen LogP contribution in [0.4, 0.5) is 4.39 Å². The van der Waals surface area contributed by atoms with Crippen molar-refractivity contribution in [2.45, 2.75) is 0 Å². The maximum atomic E-state index is 12.9. The molecule has 92 valence electrons. The zero-order chi connectivity index (χ0) is 13.1. The summed E-state index contributed by atoms with van der Waals surface area (Å²) < 4.78 is 12.9. The molecule has 0 saturated heterocycles. The highest BCUT2D eigenvalue weighted by atomic mass is 35.5. The summed E-state index contributed by atoms with van der Waals surface area (Å²) in [5.74, 6) is -0.516. The summed E-state index contributed by atoms with van der Waals surface area (Å²) in [6.07, 6.45) is 0. The molecule has 0 fully saturated rings. The first-order valence-corrected chi connectivity index (χ1v) is 5.77. The minimum absolute atomic E-state index is 0.147. The first-order chi connectivity index (χ1) is 8.61. The van der Waals surface area contributed by atoms with E-state index in [1.165, 1.54) is 12.1 Å². The Morgan fingerprint density at radius 2 is 1.83 bits per heavy atom. The van der Waals surface area contributed by atoms with Crippen LogP contribution in [0.25, 0.3) is 11.1 Å². The lowest BCUT2D eigenvalue weighted by Crippen LogP contribution is -2.17. The highest BCUT2D eigenvalue weighted by Gasteiger charge is 2.06. The Morgan fingerprint density at radius 1 is 1.17 bits per heavy atom. The van der Waals surface area contributed by atoms with Gasteiger partial charge < -0.3 is 5.32 Å². The summed E-state index contributed by atoms with van der Waals surface area (Å²) >= 11 is 5.97. The number of rotatable bonds is 2. The molecule has 2 aromatic carbocycles. The van der Waals surface area contributed by atoms with Gasteiger partial charge in [-0.15, -0.1) is 0 Å². The molecule has 0 heterocycles. The van der Waals surface area contributed by atoms with Crippen molar-refractivity contribution < 1.29 is 9.18 Å². The van der Waals surface area contributed by atoms with E-state index in [1.54, 1.807) is 37.4 Å². The van der Waals surface area contributed by atoms with Gasteiger partial charge in [0.25, 0.3) is 5.91 Å². The van der Waals surface area contributed by atoms with Crippen molar-refractivity contribution in [3.63, 3.8) is 0 Å². The van der Waals surface area contributed by atoms with Gasteiger partial charge in [-0.3, -0.25) is 4.79 Å². The van der Waals surface area contributed by atoms with Crippen molar-refractivity contribution in [3.05, 3.63) is 58.9 Å². The van der Waals surface area contributed by atoms with Crippen LogP contribution in [-0.4, -0.2) is 13.0 Å². The van der Waals surface area contributed by atoms with Gasteiger partial charge >= 0.3 is 0 Å². The van der Waals surface area contributed by atoms with Gasteiger partial charge in [-0.2, -0.15) is 0 Å². The molecular weight excluding hydrogens is 253 g/mol. The number of hydrogen-bond acceptors (Lipinski definition) is 1. The Balaban J connectivity index is 2.37. The molecule has 0 aliphatic heterocycles. The number of nitrogens with one attached hydrogen (secondary N) is 1. The van der Waals surface area contributed by atoms with Gasteiger partial charge in [0.1, 0.15) is 5.82 Å². The van der Waals surface area contributed by atoms with E-state index in [4.69, 9.17) is 11.6 Å². The molecular formula is C14H11ClFNO. The topological polar surface area (TPSA) is 29.1 Å². The van der Waals surface area contributed by atoms with Crippen molar-refractivity contribution in [1.82, 2.24) is 5.32 Å². The van der Waals surface area contributed by atoms with Gasteiger partial charge in [0.05, 0.1) is 5.02 Å². The SMILES string of the molecule is CNC(=O)c1ccc(-c2ccc(F)cc2Cl)cc1. The molecule has 18 heavy (non-hydrogen) atoms. The van der Waals surface area contributed by atoms with E-state index < -0.39 is 0 Å². The molecule has 0 radical (unpaired) electrons. The average Bonchev–Trinajstić information content (AvgIpc) is 2.38. The van der Waals surface area contributed by atoms with Gasteiger partial charge in [0.2, 0.25) is 0 Å². The second kappa shape index (κ2) is 5.19. The normalized spacial score (nSPS) is 10.2. The van der Waals surface area contributed by atoms with Gasteiger partial charge in [-0.05, 0) is 35.9 Å². The molecule has 0 unspecified atom stereocenters. The molecule has 2 nitrogen and oxygen atoms in total. The third-order valence-corrected chi connectivity index (χ3v) is 2.93. The number of amides is 1. The van der Waals surface area contributed by atoms with Crippen molar-refractivity contribution in [2.75, 3.05) is 7.05 Å². The van der Waals surface area contributed by atoms with Crippen LogP contribution in [0.2, 0.25) is 5.02 Å². The first kappa shape index (κ1) is 12.6. The fourth-order valence-corrected chi connectivity index (χ4v) is 1.95. The van der Waals surface area contributed by atoms with E-state index in [0.717, 1.165) is 11.1 Å². The van der Waals surface area contributed by atoms with E-state index >= 15 is 0 Å². The van der Waals surface area contributed by atoms with Crippen LogP contribution in [-0.2, 0) is 0 Å². The molecule has 0 aromatic heterocycles. The Kier molecular flexibility index (Phi) is 3.63. The summed E-state index contributed by atoms with van der Waals surface area (Å²) in [6.45, 7) is 0. The van der Waals surface area contributed by atoms with Crippen LogP contribution < -0.4 is 5.32 Å². The molecule has 0 bridgehead atoms. The molecule has 0 spiro atoms. The Hall–Kier alpha value is -1.87. The van der Waals surface area contributed by atoms with E-state index in [0.29, 0.717) is 10.6 Å². The Labute approximate surface area is 109 Å². The second-order valence-corrected chi connectivity index (χ2v) is 4.19. The van der Waals surface area contributed by atoms with E-state index in [9.17, 15) is 9.18 Å². The van der Waals surface area contributed by atoms with Gasteiger partial charge in [0, 0.05) is 18.2 Å². The molecule has 2 aromatic rings. The zero-order valence-corrected chi connectivity index (χ0v) is 10.5. The van der Waals surface area contributed by atoms with Crippen LogP contribution in [0, 0.1) is 5.82 Å². The molecule has 1 N–H and O–H groups in total. The average molecular weight is 264 g/mol. The predicted molar refractivity (Wildman–Crippen MR) is 70.2 cm³/mol. The minimum Gasteiger partial charge on any atom is -0.355 e. The number of halogens is 2. The molecule has 0 saturated carbocycles. The smallest absolute Gasteiger partial charge is 0.251 e. The van der Waals surface area contributed by atoms with Crippen LogP contribution in [0.1, 0.15) is 10.4 Å². The standard InChI is InChI=1S/C14H11ClFNO/c1-17-14(18)10-4-2-9(3-5-10)12-7-6-11(16)8-13(12)15/h2-8H,1H3,(H,17,18). The summed E-state index contributed by atoms with van der Waals surface area (Å²) in [4.78, 5) is 11.4. The number of benzene rings is 2. The molecule has 0 aliphatic carbocycles. The molecule has 4 heteroatoms. The summed E-state index contributed by atoms with van der Waals surface area (Å²) in [7, 11) is 1.58. The fraction of sp³-hybridized carbons (Fsp3) is 0.0714. The van der Waals surface area contributed by atoms with Crippen molar-refractivity contribution >= 4 is 17.5 Å². The predicted octanol–water partition coefficient (Wildman–Crippen LogP) is 3.51.